The SMILES string of the molecule is CC(=O)CCCCOCc1cccc(C#N)c1. The number of nitriles is 1. The lowest BCUT2D eigenvalue weighted by Crippen LogP contribution is -1.97. The normalized spacial score (nSPS) is 9.88. The molecule has 1 rings (SSSR count). The molecule has 0 aliphatic carbocycles. The van der Waals surface area contributed by atoms with Crippen LogP contribution in [-0.4, -0.2) is 12.4 Å². The third-order valence-corrected chi connectivity index (χ3v) is 2.39. The van der Waals surface area contributed by atoms with E-state index in [0.717, 1.165) is 18.4 Å². The van der Waals surface area contributed by atoms with Gasteiger partial charge in [0.1, 0.15) is 5.78 Å². The average Bonchev–Trinajstić information content (AvgIpc) is 2.33. The molecule has 0 unspecified atom stereocenters. The summed E-state index contributed by atoms with van der Waals surface area (Å²) in [6.07, 6.45) is 2.42. The molecule has 0 atom stereocenters. The smallest absolute Gasteiger partial charge is 0.129 e. The van der Waals surface area contributed by atoms with Crippen LogP contribution in [0.15, 0.2) is 24.3 Å². The quantitative estimate of drug-likeness (QED) is 0.678. The number of benzene rings is 1. The highest BCUT2D eigenvalue weighted by Crippen LogP contribution is 2.06. The maximum atomic E-state index is 10.7. The van der Waals surface area contributed by atoms with Crippen molar-refractivity contribution in [3.8, 4) is 6.07 Å². The zero-order valence-corrected chi connectivity index (χ0v) is 10.1. The van der Waals surface area contributed by atoms with Crippen LogP contribution >= 0.6 is 0 Å². The largest absolute Gasteiger partial charge is 0.377 e. The first kappa shape index (κ1) is 13.4. The molecule has 0 heterocycles. The maximum absolute atomic E-state index is 10.7. The second-order valence-electron chi connectivity index (χ2n) is 4.02. The zero-order valence-electron chi connectivity index (χ0n) is 10.1. The van der Waals surface area contributed by atoms with Crippen LogP contribution in [0.5, 0.6) is 0 Å². The van der Waals surface area contributed by atoms with Crippen LogP contribution < -0.4 is 0 Å². The summed E-state index contributed by atoms with van der Waals surface area (Å²) in [4.78, 5) is 10.7. The van der Waals surface area contributed by atoms with Crippen LogP contribution in [0.25, 0.3) is 0 Å². The lowest BCUT2D eigenvalue weighted by Gasteiger charge is -2.04. The van der Waals surface area contributed by atoms with Crippen molar-refractivity contribution in [2.75, 3.05) is 6.61 Å². The minimum Gasteiger partial charge on any atom is -0.377 e. The van der Waals surface area contributed by atoms with Gasteiger partial charge in [-0.15, -0.1) is 0 Å². The van der Waals surface area contributed by atoms with Crippen molar-refractivity contribution in [2.45, 2.75) is 32.8 Å². The molecule has 0 amide bonds. The molecule has 0 spiro atoms. The lowest BCUT2D eigenvalue weighted by atomic mass is 10.1. The van der Waals surface area contributed by atoms with Crippen LogP contribution in [0.3, 0.4) is 0 Å². The Bertz CT molecular complexity index is 407. The van der Waals surface area contributed by atoms with Crippen molar-refractivity contribution in [3.63, 3.8) is 0 Å². The Kier molecular flexibility index (Phi) is 5.98. The van der Waals surface area contributed by atoms with E-state index in [1.807, 2.05) is 18.2 Å². The monoisotopic (exact) mass is 231 g/mol. The Morgan fingerprint density at radius 3 is 2.94 bits per heavy atom. The van der Waals surface area contributed by atoms with Gasteiger partial charge in [0.15, 0.2) is 0 Å². The average molecular weight is 231 g/mol. The fraction of sp³-hybridized carbons (Fsp3) is 0.429. The van der Waals surface area contributed by atoms with Crippen LogP contribution in [0, 0.1) is 11.3 Å². The van der Waals surface area contributed by atoms with Crippen LogP contribution in [0.2, 0.25) is 0 Å². The molecule has 0 fully saturated rings. The van der Waals surface area contributed by atoms with E-state index < -0.39 is 0 Å². The predicted molar refractivity (Wildman–Crippen MR) is 65.3 cm³/mol. The number of rotatable bonds is 7. The molecule has 0 saturated heterocycles. The number of unbranched alkanes of at least 4 members (excludes halogenated alkanes) is 1. The predicted octanol–water partition coefficient (Wildman–Crippen LogP) is 2.83. The van der Waals surface area contributed by atoms with Crippen molar-refractivity contribution in [3.05, 3.63) is 35.4 Å². The maximum Gasteiger partial charge on any atom is 0.129 e. The molecule has 90 valence electrons. The van der Waals surface area contributed by atoms with Gasteiger partial charge in [0.2, 0.25) is 0 Å². The second kappa shape index (κ2) is 7.59. The Morgan fingerprint density at radius 2 is 2.24 bits per heavy atom. The summed E-state index contributed by atoms with van der Waals surface area (Å²) in [7, 11) is 0. The molecule has 0 N–H and O–H groups in total. The van der Waals surface area contributed by atoms with Crippen molar-refractivity contribution < 1.29 is 9.53 Å². The molecule has 3 heteroatoms. The summed E-state index contributed by atoms with van der Waals surface area (Å²) in [6.45, 7) is 2.79. The van der Waals surface area contributed by atoms with E-state index in [2.05, 4.69) is 6.07 Å². The Balaban J connectivity index is 2.18. The second-order valence-corrected chi connectivity index (χ2v) is 4.02. The number of carbonyl (C=O) groups is 1. The Hall–Kier alpha value is -1.66. The van der Waals surface area contributed by atoms with Gasteiger partial charge in [-0.1, -0.05) is 12.1 Å². The first-order valence-corrected chi connectivity index (χ1v) is 5.78. The minimum atomic E-state index is 0.228. The van der Waals surface area contributed by atoms with Crippen molar-refractivity contribution in [1.29, 1.82) is 5.26 Å². The number of ketones is 1. The van der Waals surface area contributed by atoms with Gasteiger partial charge in [0, 0.05) is 13.0 Å². The summed E-state index contributed by atoms with van der Waals surface area (Å²) in [6, 6.07) is 9.50. The summed E-state index contributed by atoms with van der Waals surface area (Å²) in [5.74, 6) is 0.228. The number of Topliss-reactive ketones (excluding diaryl/α,β-unsaturated/α-hetero) is 1. The van der Waals surface area contributed by atoms with E-state index >= 15 is 0 Å². The van der Waals surface area contributed by atoms with E-state index in [9.17, 15) is 4.79 Å². The molecule has 0 saturated carbocycles. The molecular formula is C14H17NO2. The first-order chi connectivity index (χ1) is 8.22. The van der Waals surface area contributed by atoms with E-state index in [1.165, 1.54) is 0 Å². The molecule has 0 radical (unpaired) electrons. The van der Waals surface area contributed by atoms with E-state index in [-0.39, 0.29) is 5.78 Å². The number of hydrogen-bond donors (Lipinski definition) is 0. The van der Waals surface area contributed by atoms with Crippen LogP contribution in [0.4, 0.5) is 0 Å². The molecule has 1 aromatic carbocycles. The standard InChI is InChI=1S/C14H17NO2/c1-12(16)5-2-3-8-17-11-14-7-4-6-13(9-14)10-15/h4,6-7,9H,2-3,5,8,11H2,1H3. The topological polar surface area (TPSA) is 50.1 Å². The number of nitrogens with zero attached hydrogens (tertiary/aromatic N) is 1. The molecule has 0 bridgehead atoms. The van der Waals surface area contributed by atoms with Gasteiger partial charge in [0.25, 0.3) is 0 Å². The molecule has 1 aromatic rings. The van der Waals surface area contributed by atoms with E-state index in [1.54, 1.807) is 13.0 Å². The summed E-state index contributed by atoms with van der Waals surface area (Å²) in [5, 5.41) is 8.73. The van der Waals surface area contributed by atoms with Gasteiger partial charge >= 0.3 is 0 Å². The van der Waals surface area contributed by atoms with E-state index in [4.69, 9.17) is 10.00 Å². The molecule has 0 aliphatic heterocycles. The van der Waals surface area contributed by atoms with Gasteiger partial charge < -0.3 is 9.53 Å². The summed E-state index contributed by atoms with van der Waals surface area (Å²) >= 11 is 0. The fourth-order valence-electron chi connectivity index (χ4n) is 1.50. The van der Waals surface area contributed by atoms with Gasteiger partial charge in [-0.3, -0.25) is 0 Å². The van der Waals surface area contributed by atoms with Crippen molar-refractivity contribution >= 4 is 5.78 Å². The highest BCUT2D eigenvalue weighted by molar-refractivity contribution is 5.75. The minimum absolute atomic E-state index is 0.228. The van der Waals surface area contributed by atoms with Gasteiger partial charge in [0.05, 0.1) is 18.2 Å². The fourth-order valence-corrected chi connectivity index (χ4v) is 1.50. The van der Waals surface area contributed by atoms with Crippen molar-refractivity contribution in [1.82, 2.24) is 0 Å². The number of carbonyl (C=O) groups excluding carboxylic acids is 1. The molecule has 17 heavy (non-hydrogen) atoms. The zero-order chi connectivity index (χ0) is 12.5. The van der Waals surface area contributed by atoms with E-state index in [0.29, 0.717) is 25.2 Å². The number of hydrogen-bond acceptors (Lipinski definition) is 3. The van der Waals surface area contributed by atoms with Crippen molar-refractivity contribution in [2.24, 2.45) is 0 Å². The number of ether oxygens (including phenoxy) is 1. The Labute approximate surface area is 102 Å². The highest BCUT2D eigenvalue weighted by Gasteiger charge is 1.97. The van der Waals surface area contributed by atoms with Gasteiger partial charge in [-0.05, 0) is 37.5 Å². The van der Waals surface area contributed by atoms with Gasteiger partial charge in [-0.25, -0.2) is 0 Å². The lowest BCUT2D eigenvalue weighted by molar-refractivity contribution is -0.117. The highest BCUT2D eigenvalue weighted by atomic mass is 16.5. The van der Waals surface area contributed by atoms with Gasteiger partial charge in [-0.2, -0.15) is 5.26 Å². The summed E-state index contributed by atoms with van der Waals surface area (Å²) in [5.41, 5.74) is 1.67. The summed E-state index contributed by atoms with van der Waals surface area (Å²) < 4.78 is 5.48. The first-order valence-electron chi connectivity index (χ1n) is 5.78. The Morgan fingerprint density at radius 1 is 1.41 bits per heavy atom. The molecule has 3 nitrogen and oxygen atoms in total. The van der Waals surface area contributed by atoms with Crippen LogP contribution in [-0.2, 0) is 16.1 Å². The third-order valence-electron chi connectivity index (χ3n) is 2.39. The molecule has 0 aromatic heterocycles. The van der Waals surface area contributed by atoms with Crippen LogP contribution in [0.1, 0.15) is 37.3 Å². The molecule has 0 aliphatic rings. The molecular weight excluding hydrogens is 214 g/mol. The third kappa shape index (κ3) is 5.84.